The van der Waals surface area contributed by atoms with E-state index in [1.54, 1.807) is 19.4 Å². The first kappa shape index (κ1) is 14.8. The molecule has 0 bridgehead atoms. The Bertz CT molecular complexity index is 591. The largest absolute Gasteiger partial charge is 0.481 e. The highest BCUT2D eigenvalue weighted by Gasteiger charge is 2.27. The molecular formula is C17H21N3O2. The minimum absolute atomic E-state index is 0.132. The normalized spacial score (nSPS) is 21.3. The van der Waals surface area contributed by atoms with E-state index in [2.05, 4.69) is 39.6 Å². The van der Waals surface area contributed by atoms with E-state index in [1.807, 2.05) is 6.07 Å². The first-order valence-corrected chi connectivity index (χ1v) is 7.64. The van der Waals surface area contributed by atoms with Gasteiger partial charge >= 0.3 is 0 Å². The van der Waals surface area contributed by atoms with Crippen molar-refractivity contribution in [2.75, 3.05) is 25.6 Å². The fraction of sp³-hybridized carbons (Fsp3) is 0.412. The lowest BCUT2D eigenvalue weighted by molar-refractivity contribution is -0.0238. The second-order valence-electron chi connectivity index (χ2n) is 5.41. The van der Waals surface area contributed by atoms with Crippen molar-refractivity contribution in [2.45, 2.75) is 18.9 Å². The standard InChI is InChI=1S/C17H21N3O2/c1-21-15-9-10-18-17(20-15)19-12-14-8-5-11-22-16(14)13-6-3-2-4-7-13/h2-4,6-7,9-10,14,16H,5,8,11-12H2,1H3,(H,18,19,20). The zero-order chi connectivity index (χ0) is 15.2. The molecule has 2 aromatic rings. The Balaban J connectivity index is 1.66. The van der Waals surface area contributed by atoms with Crippen LogP contribution in [0.5, 0.6) is 5.88 Å². The molecule has 1 saturated heterocycles. The zero-order valence-corrected chi connectivity index (χ0v) is 12.7. The molecule has 0 aliphatic carbocycles. The van der Waals surface area contributed by atoms with Crippen LogP contribution in [0.4, 0.5) is 5.95 Å². The highest BCUT2D eigenvalue weighted by molar-refractivity contribution is 5.28. The molecule has 22 heavy (non-hydrogen) atoms. The third-order valence-electron chi connectivity index (χ3n) is 3.93. The summed E-state index contributed by atoms with van der Waals surface area (Å²) in [4.78, 5) is 8.51. The average Bonchev–Trinajstić information content (AvgIpc) is 2.61. The van der Waals surface area contributed by atoms with Gasteiger partial charge in [-0.05, 0) is 18.4 Å². The van der Waals surface area contributed by atoms with Gasteiger partial charge in [0.1, 0.15) is 0 Å². The molecule has 5 nitrogen and oxygen atoms in total. The van der Waals surface area contributed by atoms with Crippen molar-refractivity contribution in [3.05, 3.63) is 48.2 Å². The summed E-state index contributed by atoms with van der Waals surface area (Å²) in [5.41, 5.74) is 1.24. The molecule has 2 unspecified atom stereocenters. The molecule has 1 aromatic heterocycles. The number of rotatable bonds is 5. The molecule has 2 atom stereocenters. The van der Waals surface area contributed by atoms with Crippen molar-refractivity contribution < 1.29 is 9.47 Å². The van der Waals surface area contributed by atoms with Crippen LogP contribution in [0.1, 0.15) is 24.5 Å². The van der Waals surface area contributed by atoms with Gasteiger partial charge < -0.3 is 14.8 Å². The molecule has 2 heterocycles. The van der Waals surface area contributed by atoms with Gasteiger partial charge in [0.15, 0.2) is 0 Å². The lowest BCUT2D eigenvalue weighted by Crippen LogP contribution is -2.28. The smallest absolute Gasteiger partial charge is 0.225 e. The van der Waals surface area contributed by atoms with Crippen LogP contribution in [0.2, 0.25) is 0 Å². The van der Waals surface area contributed by atoms with Gasteiger partial charge in [0.05, 0.1) is 13.2 Å². The quantitative estimate of drug-likeness (QED) is 0.919. The maximum Gasteiger partial charge on any atom is 0.225 e. The van der Waals surface area contributed by atoms with Crippen LogP contribution in [0.25, 0.3) is 0 Å². The van der Waals surface area contributed by atoms with E-state index in [4.69, 9.17) is 9.47 Å². The Labute approximate surface area is 130 Å². The molecule has 5 heteroatoms. The van der Waals surface area contributed by atoms with Gasteiger partial charge in [0, 0.05) is 31.3 Å². The lowest BCUT2D eigenvalue weighted by Gasteiger charge is -2.32. The third-order valence-corrected chi connectivity index (χ3v) is 3.93. The summed E-state index contributed by atoms with van der Waals surface area (Å²) in [6, 6.07) is 12.1. The van der Waals surface area contributed by atoms with Crippen molar-refractivity contribution in [1.82, 2.24) is 9.97 Å². The second-order valence-corrected chi connectivity index (χ2v) is 5.41. The van der Waals surface area contributed by atoms with Crippen molar-refractivity contribution in [2.24, 2.45) is 5.92 Å². The number of methoxy groups -OCH3 is 1. The summed E-state index contributed by atoms with van der Waals surface area (Å²) >= 11 is 0. The summed E-state index contributed by atoms with van der Waals surface area (Å²) in [7, 11) is 1.60. The van der Waals surface area contributed by atoms with Gasteiger partial charge in [-0.3, -0.25) is 0 Å². The van der Waals surface area contributed by atoms with Crippen molar-refractivity contribution in [3.63, 3.8) is 0 Å². The highest BCUT2D eigenvalue weighted by atomic mass is 16.5. The Kier molecular flexibility index (Phi) is 4.85. The Hall–Kier alpha value is -2.14. The summed E-state index contributed by atoms with van der Waals surface area (Å²) in [5, 5.41) is 3.31. The molecular weight excluding hydrogens is 278 g/mol. The van der Waals surface area contributed by atoms with E-state index in [-0.39, 0.29) is 6.10 Å². The molecule has 116 valence electrons. The third kappa shape index (κ3) is 3.54. The summed E-state index contributed by atoms with van der Waals surface area (Å²) in [6.45, 7) is 1.61. The fourth-order valence-corrected chi connectivity index (χ4v) is 2.83. The van der Waals surface area contributed by atoms with Crippen LogP contribution < -0.4 is 10.1 Å². The SMILES string of the molecule is COc1ccnc(NCC2CCCOC2c2ccccc2)n1. The van der Waals surface area contributed by atoms with Gasteiger partial charge in [-0.15, -0.1) is 0 Å². The second kappa shape index (κ2) is 7.22. The first-order valence-electron chi connectivity index (χ1n) is 7.64. The molecule has 0 spiro atoms. The van der Waals surface area contributed by atoms with Gasteiger partial charge in [-0.2, -0.15) is 4.98 Å². The monoisotopic (exact) mass is 299 g/mol. The van der Waals surface area contributed by atoms with E-state index in [1.165, 1.54) is 5.56 Å². The topological polar surface area (TPSA) is 56.3 Å². The Morgan fingerprint density at radius 3 is 2.95 bits per heavy atom. The predicted octanol–water partition coefficient (Wildman–Crippen LogP) is 3.07. The van der Waals surface area contributed by atoms with Crippen molar-refractivity contribution in [3.8, 4) is 5.88 Å². The maximum atomic E-state index is 6.00. The van der Waals surface area contributed by atoms with Gasteiger partial charge in [0.2, 0.25) is 11.8 Å². The molecule has 0 saturated carbocycles. The fourth-order valence-electron chi connectivity index (χ4n) is 2.83. The number of nitrogens with zero attached hydrogens (tertiary/aromatic N) is 2. The Morgan fingerprint density at radius 2 is 2.14 bits per heavy atom. The van der Waals surface area contributed by atoms with Crippen molar-refractivity contribution in [1.29, 1.82) is 0 Å². The number of nitrogens with one attached hydrogen (secondary N) is 1. The summed E-state index contributed by atoms with van der Waals surface area (Å²) < 4.78 is 11.1. The molecule has 1 N–H and O–H groups in total. The minimum Gasteiger partial charge on any atom is -0.481 e. The van der Waals surface area contributed by atoms with E-state index < -0.39 is 0 Å². The number of ether oxygens (including phenoxy) is 2. The maximum absolute atomic E-state index is 6.00. The highest BCUT2D eigenvalue weighted by Crippen LogP contribution is 2.33. The number of hydrogen-bond donors (Lipinski definition) is 1. The zero-order valence-electron chi connectivity index (χ0n) is 12.7. The van der Waals surface area contributed by atoms with Gasteiger partial charge in [-0.25, -0.2) is 4.98 Å². The van der Waals surface area contributed by atoms with Crippen LogP contribution in [0.15, 0.2) is 42.6 Å². The molecule has 1 aliphatic heterocycles. The lowest BCUT2D eigenvalue weighted by atomic mass is 9.89. The molecule has 0 amide bonds. The van der Waals surface area contributed by atoms with E-state index in [0.717, 1.165) is 26.0 Å². The summed E-state index contributed by atoms with van der Waals surface area (Å²) in [6.07, 6.45) is 4.05. The van der Waals surface area contributed by atoms with Crippen LogP contribution >= 0.6 is 0 Å². The van der Waals surface area contributed by atoms with Crippen molar-refractivity contribution >= 4 is 5.95 Å². The van der Waals surface area contributed by atoms with Crippen LogP contribution in [0, 0.1) is 5.92 Å². The molecule has 1 fully saturated rings. The minimum atomic E-state index is 0.132. The Morgan fingerprint density at radius 1 is 1.27 bits per heavy atom. The molecule has 0 radical (unpaired) electrons. The number of aromatic nitrogens is 2. The van der Waals surface area contributed by atoms with Crippen LogP contribution in [-0.4, -0.2) is 30.2 Å². The molecule has 3 rings (SSSR count). The summed E-state index contributed by atoms with van der Waals surface area (Å²) in [5.74, 6) is 1.57. The van der Waals surface area contributed by atoms with E-state index in [9.17, 15) is 0 Å². The van der Waals surface area contributed by atoms with E-state index in [0.29, 0.717) is 17.7 Å². The predicted molar refractivity (Wildman–Crippen MR) is 84.9 cm³/mol. The van der Waals surface area contributed by atoms with E-state index >= 15 is 0 Å². The number of hydrogen-bond acceptors (Lipinski definition) is 5. The van der Waals surface area contributed by atoms with Gasteiger partial charge in [-0.1, -0.05) is 30.3 Å². The average molecular weight is 299 g/mol. The van der Waals surface area contributed by atoms with Crippen LogP contribution in [-0.2, 0) is 4.74 Å². The first-order chi connectivity index (χ1) is 10.9. The number of benzene rings is 1. The van der Waals surface area contributed by atoms with Crippen LogP contribution in [0.3, 0.4) is 0 Å². The number of anilines is 1. The molecule has 1 aromatic carbocycles. The molecule has 1 aliphatic rings. The van der Waals surface area contributed by atoms with Gasteiger partial charge in [0.25, 0.3) is 0 Å².